The molecule has 1 unspecified atom stereocenters. The number of nitrogens with one attached hydrogen (secondary N) is 1. The first-order valence-corrected chi connectivity index (χ1v) is 6.61. The van der Waals surface area contributed by atoms with Crippen molar-refractivity contribution in [1.82, 2.24) is 5.32 Å². The summed E-state index contributed by atoms with van der Waals surface area (Å²) in [6.07, 6.45) is 2.88. The van der Waals surface area contributed by atoms with Gasteiger partial charge in [-0.3, -0.25) is 0 Å². The first-order valence-electron chi connectivity index (χ1n) is 5.45. The molecular formula is C10H19NO2S. The van der Waals surface area contributed by atoms with Gasteiger partial charge < -0.3 is 14.8 Å². The summed E-state index contributed by atoms with van der Waals surface area (Å²) in [6, 6.07) is 0.710. The molecule has 0 aromatic heterocycles. The van der Waals surface area contributed by atoms with Gasteiger partial charge in [-0.1, -0.05) is 0 Å². The molecular weight excluding hydrogens is 198 g/mol. The zero-order valence-corrected chi connectivity index (χ0v) is 9.35. The molecule has 82 valence electrons. The molecule has 0 aromatic carbocycles. The molecule has 0 aromatic rings. The van der Waals surface area contributed by atoms with Crippen LogP contribution in [0.1, 0.15) is 12.8 Å². The maximum absolute atomic E-state index is 5.58. The minimum absolute atomic E-state index is 0.276. The van der Waals surface area contributed by atoms with Gasteiger partial charge in [-0.05, 0) is 24.3 Å². The van der Waals surface area contributed by atoms with E-state index >= 15 is 0 Å². The van der Waals surface area contributed by atoms with E-state index in [2.05, 4.69) is 17.1 Å². The Morgan fingerprint density at radius 3 is 2.79 bits per heavy atom. The first-order chi connectivity index (χ1) is 6.95. The Bertz CT molecular complexity index is 138. The van der Waals surface area contributed by atoms with Crippen molar-refractivity contribution in [3.05, 3.63) is 0 Å². The van der Waals surface area contributed by atoms with Gasteiger partial charge in [-0.15, -0.1) is 0 Å². The summed E-state index contributed by atoms with van der Waals surface area (Å²) >= 11 is 2.06. The van der Waals surface area contributed by atoms with Crippen LogP contribution in [0.4, 0.5) is 0 Å². The van der Waals surface area contributed by atoms with Crippen molar-refractivity contribution < 1.29 is 9.47 Å². The second-order valence-electron chi connectivity index (χ2n) is 3.86. The third kappa shape index (κ3) is 3.42. The third-order valence-electron chi connectivity index (χ3n) is 2.74. The van der Waals surface area contributed by atoms with Crippen molar-refractivity contribution in [1.29, 1.82) is 0 Å². The monoisotopic (exact) mass is 217 g/mol. The van der Waals surface area contributed by atoms with Gasteiger partial charge in [0.1, 0.15) is 0 Å². The molecule has 0 amide bonds. The van der Waals surface area contributed by atoms with Gasteiger partial charge in [0, 0.05) is 12.6 Å². The summed E-state index contributed by atoms with van der Waals surface area (Å²) in [6.45, 7) is 3.23. The third-order valence-corrected chi connectivity index (χ3v) is 3.79. The van der Waals surface area contributed by atoms with E-state index in [1.54, 1.807) is 0 Å². The quantitative estimate of drug-likeness (QED) is 0.760. The van der Waals surface area contributed by atoms with Crippen molar-refractivity contribution in [3.8, 4) is 0 Å². The lowest BCUT2D eigenvalue weighted by Crippen LogP contribution is -2.42. The number of hydrogen-bond acceptors (Lipinski definition) is 4. The smallest absolute Gasteiger partial charge is 0.0933 e. The van der Waals surface area contributed by atoms with E-state index in [1.165, 1.54) is 24.3 Å². The second kappa shape index (κ2) is 5.95. The average Bonchev–Trinajstić information content (AvgIpc) is 2.29. The van der Waals surface area contributed by atoms with E-state index in [4.69, 9.17) is 9.47 Å². The van der Waals surface area contributed by atoms with Crippen LogP contribution < -0.4 is 5.32 Å². The Morgan fingerprint density at radius 2 is 2.07 bits per heavy atom. The molecule has 3 nitrogen and oxygen atoms in total. The van der Waals surface area contributed by atoms with E-state index in [1.807, 2.05) is 0 Å². The molecule has 0 bridgehead atoms. The Hall–Kier alpha value is 0.230. The predicted molar refractivity (Wildman–Crippen MR) is 58.9 cm³/mol. The van der Waals surface area contributed by atoms with Crippen LogP contribution in [0.3, 0.4) is 0 Å². The molecule has 1 atom stereocenters. The maximum atomic E-state index is 5.58. The Labute approximate surface area is 89.9 Å². The average molecular weight is 217 g/mol. The summed E-state index contributed by atoms with van der Waals surface area (Å²) in [5, 5.41) is 3.57. The normalized spacial score (nSPS) is 30.4. The molecule has 2 saturated heterocycles. The summed E-state index contributed by atoms with van der Waals surface area (Å²) in [7, 11) is 0. The molecule has 2 rings (SSSR count). The number of thioether (sulfide) groups is 1. The van der Waals surface area contributed by atoms with Crippen LogP contribution in [0, 0.1) is 0 Å². The Kier molecular flexibility index (Phi) is 4.57. The summed E-state index contributed by atoms with van der Waals surface area (Å²) < 4.78 is 10.9. The van der Waals surface area contributed by atoms with Gasteiger partial charge in [0.05, 0.1) is 25.9 Å². The predicted octanol–water partition coefficient (Wildman–Crippen LogP) is 0.887. The zero-order valence-electron chi connectivity index (χ0n) is 8.54. The van der Waals surface area contributed by atoms with Crippen LogP contribution in [-0.2, 0) is 9.47 Å². The molecule has 2 fully saturated rings. The fraction of sp³-hybridized carbons (Fsp3) is 1.00. The lowest BCUT2D eigenvalue weighted by atomic mass is 10.1. The maximum Gasteiger partial charge on any atom is 0.0933 e. The highest BCUT2D eigenvalue weighted by atomic mass is 32.2. The summed E-state index contributed by atoms with van der Waals surface area (Å²) in [5.41, 5.74) is 0. The van der Waals surface area contributed by atoms with Crippen molar-refractivity contribution in [3.63, 3.8) is 0 Å². The first kappa shape index (κ1) is 10.7. The van der Waals surface area contributed by atoms with Gasteiger partial charge in [-0.2, -0.15) is 11.8 Å². The van der Waals surface area contributed by atoms with Crippen molar-refractivity contribution in [2.75, 3.05) is 37.9 Å². The van der Waals surface area contributed by atoms with Gasteiger partial charge in [0.15, 0.2) is 0 Å². The van der Waals surface area contributed by atoms with Crippen LogP contribution in [0.25, 0.3) is 0 Å². The fourth-order valence-electron chi connectivity index (χ4n) is 1.85. The highest BCUT2D eigenvalue weighted by Crippen LogP contribution is 2.16. The SMILES string of the molecule is C1COC(CNC2CCSCC2)CO1. The fourth-order valence-corrected chi connectivity index (χ4v) is 2.96. The lowest BCUT2D eigenvalue weighted by Gasteiger charge is -2.27. The lowest BCUT2D eigenvalue weighted by molar-refractivity contribution is -0.0871. The molecule has 0 radical (unpaired) electrons. The molecule has 4 heteroatoms. The molecule has 2 heterocycles. The molecule has 0 saturated carbocycles. The zero-order chi connectivity index (χ0) is 9.64. The molecule has 1 N–H and O–H groups in total. The van der Waals surface area contributed by atoms with Gasteiger partial charge in [-0.25, -0.2) is 0 Å². The van der Waals surface area contributed by atoms with E-state index in [0.29, 0.717) is 6.04 Å². The number of ether oxygens (including phenoxy) is 2. The standard InChI is InChI=1S/C10H19NO2S/c1-5-14-6-2-9(1)11-7-10-8-12-3-4-13-10/h9-11H,1-8H2. The Balaban J connectivity index is 1.60. The molecule has 14 heavy (non-hydrogen) atoms. The Morgan fingerprint density at radius 1 is 1.21 bits per heavy atom. The number of rotatable bonds is 3. The topological polar surface area (TPSA) is 30.5 Å². The van der Waals surface area contributed by atoms with Gasteiger partial charge in [0.2, 0.25) is 0 Å². The highest BCUT2D eigenvalue weighted by molar-refractivity contribution is 7.99. The highest BCUT2D eigenvalue weighted by Gasteiger charge is 2.17. The van der Waals surface area contributed by atoms with E-state index in [-0.39, 0.29) is 6.10 Å². The molecule has 0 spiro atoms. The van der Waals surface area contributed by atoms with Crippen LogP contribution in [-0.4, -0.2) is 50.0 Å². The van der Waals surface area contributed by atoms with Gasteiger partial charge >= 0.3 is 0 Å². The van der Waals surface area contributed by atoms with E-state index in [0.717, 1.165) is 26.4 Å². The van der Waals surface area contributed by atoms with Crippen molar-refractivity contribution >= 4 is 11.8 Å². The van der Waals surface area contributed by atoms with E-state index in [9.17, 15) is 0 Å². The van der Waals surface area contributed by atoms with Crippen molar-refractivity contribution in [2.24, 2.45) is 0 Å². The van der Waals surface area contributed by atoms with Crippen molar-refractivity contribution in [2.45, 2.75) is 25.0 Å². The van der Waals surface area contributed by atoms with Crippen LogP contribution in [0.2, 0.25) is 0 Å². The summed E-state index contributed by atoms with van der Waals surface area (Å²) in [5.74, 6) is 2.61. The minimum Gasteiger partial charge on any atom is -0.376 e. The number of hydrogen-bond donors (Lipinski definition) is 1. The van der Waals surface area contributed by atoms with Crippen LogP contribution in [0.15, 0.2) is 0 Å². The minimum atomic E-state index is 0.276. The van der Waals surface area contributed by atoms with Crippen LogP contribution in [0.5, 0.6) is 0 Å². The molecule has 2 aliphatic rings. The van der Waals surface area contributed by atoms with E-state index < -0.39 is 0 Å². The second-order valence-corrected chi connectivity index (χ2v) is 5.09. The largest absolute Gasteiger partial charge is 0.376 e. The molecule has 0 aliphatic carbocycles. The van der Waals surface area contributed by atoms with Crippen LogP contribution >= 0.6 is 11.8 Å². The molecule has 2 aliphatic heterocycles. The summed E-state index contributed by atoms with van der Waals surface area (Å²) in [4.78, 5) is 0. The van der Waals surface area contributed by atoms with Gasteiger partial charge in [0.25, 0.3) is 0 Å².